The summed E-state index contributed by atoms with van der Waals surface area (Å²) in [6.07, 6.45) is 0. The van der Waals surface area contributed by atoms with E-state index in [9.17, 15) is 4.39 Å². The number of guanidine groups is 1. The van der Waals surface area contributed by atoms with Crippen molar-refractivity contribution in [2.24, 2.45) is 4.99 Å². The second-order valence-electron chi connectivity index (χ2n) is 6.70. The third kappa shape index (κ3) is 6.48. The second-order valence-corrected chi connectivity index (χ2v) is 6.70. The minimum Gasteiger partial charge on any atom is -0.357 e. The molecule has 0 saturated heterocycles. The summed E-state index contributed by atoms with van der Waals surface area (Å²) in [5.41, 5.74) is 4.14. The van der Waals surface area contributed by atoms with E-state index in [1.54, 1.807) is 6.07 Å². The van der Waals surface area contributed by atoms with Gasteiger partial charge in [-0.2, -0.15) is 0 Å². The van der Waals surface area contributed by atoms with Crippen molar-refractivity contribution in [2.75, 3.05) is 20.6 Å². The molecule has 2 rings (SSSR count). The number of rotatable bonds is 7. The first-order chi connectivity index (χ1) is 12.5. The van der Waals surface area contributed by atoms with E-state index in [1.807, 2.05) is 32.0 Å². The lowest BCUT2D eigenvalue weighted by Crippen LogP contribution is -2.36. The van der Waals surface area contributed by atoms with Crippen LogP contribution in [0.3, 0.4) is 0 Å². The van der Waals surface area contributed by atoms with E-state index >= 15 is 0 Å². The average molecular weight is 356 g/mol. The van der Waals surface area contributed by atoms with Crippen LogP contribution in [0, 0.1) is 12.7 Å². The van der Waals surface area contributed by atoms with Crippen LogP contribution in [0.1, 0.15) is 29.2 Å². The van der Waals surface area contributed by atoms with E-state index in [1.165, 1.54) is 17.2 Å². The van der Waals surface area contributed by atoms with Gasteiger partial charge in [-0.1, -0.05) is 35.9 Å². The molecule has 26 heavy (non-hydrogen) atoms. The molecular formula is C21H29FN4. The second kappa shape index (κ2) is 9.92. The standard InChI is InChI=1S/C21H29FN4/c1-5-23-21(24-13-17-8-6-16(2)7-9-17)25-14-18-10-11-20(22)19(12-18)15-26(3)4/h6-12H,5,13-15H2,1-4H3,(H2,23,24,25). The molecule has 0 aromatic heterocycles. The molecule has 140 valence electrons. The normalized spacial score (nSPS) is 11.7. The van der Waals surface area contributed by atoms with Gasteiger partial charge in [0.2, 0.25) is 0 Å². The van der Waals surface area contributed by atoms with Crippen LogP contribution < -0.4 is 10.6 Å². The van der Waals surface area contributed by atoms with Gasteiger partial charge in [0, 0.05) is 25.2 Å². The third-order valence-corrected chi connectivity index (χ3v) is 3.94. The van der Waals surface area contributed by atoms with Crippen molar-refractivity contribution in [3.63, 3.8) is 0 Å². The SMILES string of the molecule is CCNC(=NCc1ccc(F)c(CN(C)C)c1)NCc1ccc(C)cc1. The van der Waals surface area contributed by atoms with Gasteiger partial charge in [-0.05, 0) is 51.2 Å². The van der Waals surface area contributed by atoms with E-state index in [0.717, 1.165) is 18.1 Å². The Labute approximate surface area is 156 Å². The molecule has 0 saturated carbocycles. The summed E-state index contributed by atoms with van der Waals surface area (Å²) < 4.78 is 13.9. The molecule has 2 N–H and O–H groups in total. The van der Waals surface area contributed by atoms with E-state index in [0.29, 0.717) is 25.2 Å². The molecular weight excluding hydrogens is 327 g/mol. The van der Waals surface area contributed by atoms with Crippen molar-refractivity contribution in [1.29, 1.82) is 0 Å². The first-order valence-corrected chi connectivity index (χ1v) is 8.97. The van der Waals surface area contributed by atoms with Crippen molar-refractivity contribution < 1.29 is 4.39 Å². The van der Waals surface area contributed by atoms with Crippen LogP contribution in [0.4, 0.5) is 4.39 Å². The van der Waals surface area contributed by atoms with E-state index in [2.05, 4.69) is 46.8 Å². The summed E-state index contributed by atoms with van der Waals surface area (Å²) in [6, 6.07) is 13.6. The lowest BCUT2D eigenvalue weighted by molar-refractivity contribution is 0.392. The molecule has 0 aliphatic heterocycles. The lowest BCUT2D eigenvalue weighted by atomic mass is 10.1. The predicted octanol–water partition coefficient (Wildman–Crippen LogP) is 3.45. The highest BCUT2D eigenvalue weighted by atomic mass is 19.1. The molecule has 0 aliphatic rings. The highest BCUT2D eigenvalue weighted by molar-refractivity contribution is 5.79. The smallest absolute Gasteiger partial charge is 0.191 e. The summed E-state index contributed by atoms with van der Waals surface area (Å²) in [7, 11) is 3.87. The number of aliphatic imine (C=N–C) groups is 1. The highest BCUT2D eigenvalue weighted by Gasteiger charge is 2.05. The van der Waals surface area contributed by atoms with Crippen molar-refractivity contribution in [2.45, 2.75) is 33.5 Å². The van der Waals surface area contributed by atoms with Crippen molar-refractivity contribution in [3.8, 4) is 0 Å². The molecule has 0 fully saturated rings. The molecule has 0 unspecified atom stereocenters. The molecule has 0 heterocycles. The highest BCUT2D eigenvalue weighted by Crippen LogP contribution is 2.13. The van der Waals surface area contributed by atoms with Crippen LogP contribution in [-0.2, 0) is 19.6 Å². The van der Waals surface area contributed by atoms with Gasteiger partial charge in [0.1, 0.15) is 5.82 Å². The zero-order chi connectivity index (χ0) is 18.9. The molecule has 0 amide bonds. The Kier molecular flexibility index (Phi) is 7.60. The quantitative estimate of drug-likeness (QED) is 0.590. The third-order valence-electron chi connectivity index (χ3n) is 3.94. The summed E-state index contributed by atoms with van der Waals surface area (Å²) in [4.78, 5) is 6.58. The summed E-state index contributed by atoms with van der Waals surface area (Å²) in [6.45, 7) is 6.70. The molecule has 0 radical (unpaired) electrons. The fourth-order valence-corrected chi connectivity index (χ4v) is 2.59. The van der Waals surface area contributed by atoms with Gasteiger partial charge in [0.15, 0.2) is 5.96 Å². The van der Waals surface area contributed by atoms with Crippen molar-refractivity contribution in [1.82, 2.24) is 15.5 Å². The van der Waals surface area contributed by atoms with Gasteiger partial charge in [0.05, 0.1) is 6.54 Å². The molecule has 0 atom stereocenters. The first-order valence-electron chi connectivity index (χ1n) is 8.97. The predicted molar refractivity (Wildman–Crippen MR) is 107 cm³/mol. The van der Waals surface area contributed by atoms with Gasteiger partial charge in [-0.15, -0.1) is 0 Å². The Morgan fingerprint density at radius 2 is 1.73 bits per heavy atom. The molecule has 0 aliphatic carbocycles. The Morgan fingerprint density at radius 1 is 1.04 bits per heavy atom. The zero-order valence-corrected chi connectivity index (χ0v) is 16.1. The fraction of sp³-hybridized carbons (Fsp3) is 0.381. The average Bonchev–Trinajstić information content (AvgIpc) is 2.61. The van der Waals surface area contributed by atoms with E-state index in [-0.39, 0.29) is 5.82 Å². The monoisotopic (exact) mass is 356 g/mol. The molecule has 2 aromatic rings. The number of hydrogen-bond donors (Lipinski definition) is 2. The fourth-order valence-electron chi connectivity index (χ4n) is 2.59. The maximum absolute atomic E-state index is 13.9. The largest absolute Gasteiger partial charge is 0.357 e. The number of aryl methyl sites for hydroxylation is 1. The molecule has 5 heteroatoms. The Bertz CT molecular complexity index is 723. The minimum atomic E-state index is -0.171. The zero-order valence-electron chi connectivity index (χ0n) is 16.1. The van der Waals surface area contributed by atoms with Gasteiger partial charge >= 0.3 is 0 Å². The van der Waals surface area contributed by atoms with E-state index < -0.39 is 0 Å². The molecule has 0 bridgehead atoms. The summed E-state index contributed by atoms with van der Waals surface area (Å²) >= 11 is 0. The first kappa shape index (κ1) is 19.9. The maximum atomic E-state index is 13.9. The Balaban J connectivity index is 2.02. The summed E-state index contributed by atoms with van der Waals surface area (Å²) in [5.74, 6) is 0.586. The van der Waals surface area contributed by atoms with Crippen molar-refractivity contribution >= 4 is 5.96 Å². The van der Waals surface area contributed by atoms with E-state index in [4.69, 9.17) is 0 Å². The number of hydrogen-bond acceptors (Lipinski definition) is 2. The van der Waals surface area contributed by atoms with Crippen LogP contribution in [0.2, 0.25) is 0 Å². The lowest BCUT2D eigenvalue weighted by Gasteiger charge is -2.13. The number of halogens is 1. The van der Waals surface area contributed by atoms with Gasteiger partial charge in [-0.25, -0.2) is 9.38 Å². The van der Waals surface area contributed by atoms with Gasteiger partial charge in [-0.3, -0.25) is 0 Å². The number of nitrogens with zero attached hydrogens (tertiary/aromatic N) is 2. The topological polar surface area (TPSA) is 39.7 Å². The number of benzene rings is 2. The molecule has 2 aromatic carbocycles. The summed E-state index contributed by atoms with van der Waals surface area (Å²) in [5, 5.41) is 6.59. The molecule has 4 nitrogen and oxygen atoms in total. The van der Waals surface area contributed by atoms with Crippen LogP contribution in [0.5, 0.6) is 0 Å². The minimum absolute atomic E-state index is 0.171. The van der Waals surface area contributed by atoms with Crippen LogP contribution >= 0.6 is 0 Å². The Hall–Kier alpha value is -2.40. The maximum Gasteiger partial charge on any atom is 0.191 e. The van der Waals surface area contributed by atoms with Crippen LogP contribution in [0.15, 0.2) is 47.5 Å². The number of nitrogens with one attached hydrogen (secondary N) is 2. The van der Waals surface area contributed by atoms with Gasteiger partial charge in [0.25, 0.3) is 0 Å². The van der Waals surface area contributed by atoms with Gasteiger partial charge < -0.3 is 15.5 Å². The van der Waals surface area contributed by atoms with Crippen LogP contribution in [-0.4, -0.2) is 31.5 Å². The Morgan fingerprint density at radius 3 is 2.38 bits per heavy atom. The molecule has 0 spiro atoms. The van der Waals surface area contributed by atoms with Crippen molar-refractivity contribution in [3.05, 3.63) is 70.5 Å². The van der Waals surface area contributed by atoms with Crippen LogP contribution in [0.25, 0.3) is 0 Å².